The maximum absolute atomic E-state index is 11.5. The van der Waals surface area contributed by atoms with Crippen LogP contribution < -0.4 is 4.74 Å². The number of hydrogen-bond acceptors (Lipinski definition) is 3. The van der Waals surface area contributed by atoms with E-state index in [9.17, 15) is 4.79 Å². The molecule has 0 spiro atoms. The summed E-state index contributed by atoms with van der Waals surface area (Å²) in [5, 5.41) is 8.87. The van der Waals surface area contributed by atoms with Gasteiger partial charge in [-0.3, -0.25) is 4.79 Å². The van der Waals surface area contributed by atoms with Crippen LogP contribution >= 0.6 is 0 Å². The molecule has 1 aliphatic heterocycles. The van der Waals surface area contributed by atoms with Crippen LogP contribution in [0.2, 0.25) is 0 Å². The standard InChI is InChI=1S/C13H14N2O2/c1-17-12-7-10(4-5-11(12)8-14)9-15-6-2-3-13(15)16/h4-5,7H,2-3,6,9H2,1H3. The second kappa shape index (κ2) is 4.88. The van der Waals surface area contributed by atoms with Crippen molar-refractivity contribution in [3.8, 4) is 11.8 Å². The minimum absolute atomic E-state index is 0.202. The number of nitriles is 1. The van der Waals surface area contributed by atoms with Crippen molar-refractivity contribution in [3.05, 3.63) is 29.3 Å². The van der Waals surface area contributed by atoms with Crippen LogP contribution in [-0.4, -0.2) is 24.5 Å². The lowest BCUT2D eigenvalue weighted by Crippen LogP contribution is -2.23. The molecule has 1 heterocycles. The van der Waals surface area contributed by atoms with E-state index in [0.717, 1.165) is 18.5 Å². The Morgan fingerprint density at radius 3 is 2.94 bits per heavy atom. The van der Waals surface area contributed by atoms with E-state index in [2.05, 4.69) is 6.07 Å². The molecule has 1 aromatic carbocycles. The average molecular weight is 230 g/mol. The highest BCUT2D eigenvalue weighted by Gasteiger charge is 2.20. The highest BCUT2D eigenvalue weighted by Crippen LogP contribution is 2.21. The molecular weight excluding hydrogens is 216 g/mol. The Hall–Kier alpha value is -2.02. The third-order valence-electron chi connectivity index (χ3n) is 2.93. The van der Waals surface area contributed by atoms with Crippen molar-refractivity contribution in [2.45, 2.75) is 19.4 Å². The van der Waals surface area contributed by atoms with Gasteiger partial charge in [0.05, 0.1) is 12.7 Å². The predicted octanol–water partition coefficient (Wildman–Crippen LogP) is 1.69. The van der Waals surface area contributed by atoms with Crippen molar-refractivity contribution in [3.63, 3.8) is 0 Å². The fourth-order valence-corrected chi connectivity index (χ4v) is 2.02. The number of carbonyl (C=O) groups excluding carboxylic acids is 1. The van der Waals surface area contributed by atoms with Crippen molar-refractivity contribution in [2.24, 2.45) is 0 Å². The van der Waals surface area contributed by atoms with E-state index in [4.69, 9.17) is 10.00 Å². The molecule has 0 aliphatic carbocycles. The molecule has 0 unspecified atom stereocenters. The number of nitrogens with zero attached hydrogens (tertiary/aromatic N) is 2. The van der Waals surface area contributed by atoms with Gasteiger partial charge in [-0.15, -0.1) is 0 Å². The largest absolute Gasteiger partial charge is 0.495 e. The number of methoxy groups -OCH3 is 1. The second-order valence-electron chi connectivity index (χ2n) is 4.07. The van der Waals surface area contributed by atoms with E-state index in [1.165, 1.54) is 0 Å². The summed E-state index contributed by atoms with van der Waals surface area (Å²) in [7, 11) is 1.54. The van der Waals surface area contributed by atoms with Gasteiger partial charge in [0.2, 0.25) is 5.91 Å². The number of amides is 1. The highest BCUT2D eigenvalue weighted by molar-refractivity contribution is 5.78. The summed E-state index contributed by atoms with van der Waals surface area (Å²) in [6, 6.07) is 7.49. The third kappa shape index (κ3) is 2.39. The second-order valence-corrected chi connectivity index (χ2v) is 4.07. The number of likely N-dealkylation sites (tertiary alicyclic amines) is 1. The summed E-state index contributed by atoms with van der Waals surface area (Å²) in [4.78, 5) is 13.3. The zero-order valence-electron chi connectivity index (χ0n) is 9.77. The topological polar surface area (TPSA) is 53.3 Å². The van der Waals surface area contributed by atoms with E-state index in [0.29, 0.717) is 24.3 Å². The number of hydrogen-bond donors (Lipinski definition) is 0. The molecule has 0 bridgehead atoms. The molecule has 1 aliphatic rings. The van der Waals surface area contributed by atoms with E-state index in [1.54, 1.807) is 13.2 Å². The smallest absolute Gasteiger partial charge is 0.222 e. The van der Waals surface area contributed by atoms with Gasteiger partial charge in [-0.25, -0.2) is 0 Å². The molecule has 1 aromatic rings. The first-order valence-corrected chi connectivity index (χ1v) is 5.59. The summed E-state index contributed by atoms with van der Waals surface area (Å²) >= 11 is 0. The van der Waals surface area contributed by atoms with Crippen LogP contribution in [-0.2, 0) is 11.3 Å². The van der Waals surface area contributed by atoms with Gasteiger partial charge in [0.1, 0.15) is 11.8 Å². The number of ether oxygens (including phenoxy) is 1. The molecule has 0 aromatic heterocycles. The lowest BCUT2D eigenvalue weighted by Gasteiger charge is -2.16. The van der Waals surface area contributed by atoms with Gasteiger partial charge >= 0.3 is 0 Å². The SMILES string of the molecule is COc1cc(CN2CCCC2=O)ccc1C#N. The molecule has 0 N–H and O–H groups in total. The van der Waals surface area contributed by atoms with Crippen LogP contribution in [0.15, 0.2) is 18.2 Å². The lowest BCUT2D eigenvalue weighted by atomic mass is 10.1. The Morgan fingerprint density at radius 2 is 2.35 bits per heavy atom. The van der Waals surface area contributed by atoms with Crippen LogP contribution in [0.3, 0.4) is 0 Å². The first kappa shape index (κ1) is 11.5. The van der Waals surface area contributed by atoms with Gasteiger partial charge in [-0.05, 0) is 24.1 Å². The molecule has 88 valence electrons. The van der Waals surface area contributed by atoms with Crippen molar-refractivity contribution in [1.29, 1.82) is 5.26 Å². The molecule has 1 amide bonds. The molecule has 1 saturated heterocycles. The summed E-state index contributed by atoms with van der Waals surface area (Å²) in [5.74, 6) is 0.768. The Bertz CT molecular complexity index is 477. The van der Waals surface area contributed by atoms with Crippen molar-refractivity contribution < 1.29 is 9.53 Å². The van der Waals surface area contributed by atoms with E-state index in [1.807, 2.05) is 17.0 Å². The van der Waals surface area contributed by atoms with E-state index < -0.39 is 0 Å². The predicted molar refractivity (Wildman–Crippen MR) is 62.4 cm³/mol. The molecule has 0 atom stereocenters. The molecule has 0 radical (unpaired) electrons. The Labute approximate surface area is 100 Å². The monoisotopic (exact) mass is 230 g/mol. The van der Waals surface area contributed by atoms with Crippen LogP contribution in [0.25, 0.3) is 0 Å². The van der Waals surface area contributed by atoms with Crippen LogP contribution in [0.5, 0.6) is 5.75 Å². The Morgan fingerprint density at radius 1 is 1.53 bits per heavy atom. The van der Waals surface area contributed by atoms with E-state index >= 15 is 0 Å². The maximum Gasteiger partial charge on any atom is 0.222 e. The molecule has 2 rings (SSSR count). The normalized spacial score (nSPS) is 14.8. The van der Waals surface area contributed by atoms with Crippen LogP contribution in [0.1, 0.15) is 24.0 Å². The molecule has 17 heavy (non-hydrogen) atoms. The van der Waals surface area contributed by atoms with Gasteiger partial charge in [-0.1, -0.05) is 6.07 Å². The fourth-order valence-electron chi connectivity index (χ4n) is 2.02. The van der Waals surface area contributed by atoms with Gasteiger partial charge in [0.25, 0.3) is 0 Å². The van der Waals surface area contributed by atoms with Gasteiger partial charge in [0, 0.05) is 19.5 Å². The zero-order valence-corrected chi connectivity index (χ0v) is 9.77. The fraction of sp³-hybridized carbons (Fsp3) is 0.385. The van der Waals surface area contributed by atoms with Crippen molar-refractivity contribution >= 4 is 5.91 Å². The lowest BCUT2D eigenvalue weighted by molar-refractivity contribution is -0.128. The van der Waals surface area contributed by atoms with Crippen LogP contribution in [0, 0.1) is 11.3 Å². The minimum atomic E-state index is 0.202. The maximum atomic E-state index is 11.5. The van der Waals surface area contributed by atoms with Gasteiger partial charge < -0.3 is 9.64 Å². The minimum Gasteiger partial charge on any atom is -0.495 e. The molecular formula is C13H14N2O2. The van der Waals surface area contributed by atoms with Gasteiger partial charge in [-0.2, -0.15) is 5.26 Å². The van der Waals surface area contributed by atoms with Crippen molar-refractivity contribution in [1.82, 2.24) is 4.90 Å². The van der Waals surface area contributed by atoms with Crippen LogP contribution in [0.4, 0.5) is 0 Å². The molecule has 0 saturated carbocycles. The third-order valence-corrected chi connectivity index (χ3v) is 2.93. The Balaban J connectivity index is 2.17. The van der Waals surface area contributed by atoms with Gasteiger partial charge in [0.15, 0.2) is 0 Å². The Kier molecular flexibility index (Phi) is 3.29. The average Bonchev–Trinajstić information content (AvgIpc) is 2.75. The number of rotatable bonds is 3. The first-order valence-electron chi connectivity index (χ1n) is 5.59. The number of carbonyl (C=O) groups is 1. The zero-order chi connectivity index (χ0) is 12.3. The summed E-state index contributed by atoms with van der Waals surface area (Å²) in [6.45, 7) is 1.42. The summed E-state index contributed by atoms with van der Waals surface area (Å²) in [5.41, 5.74) is 1.51. The summed E-state index contributed by atoms with van der Waals surface area (Å²) < 4.78 is 5.14. The molecule has 4 nitrogen and oxygen atoms in total. The van der Waals surface area contributed by atoms with Crippen molar-refractivity contribution in [2.75, 3.05) is 13.7 Å². The summed E-state index contributed by atoms with van der Waals surface area (Å²) in [6.07, 6.45) is 1.58. The van der Waals surface area contributed by atoms with E-state index in [-0.39, 0.29) is 5.91 Å². The molecule has 4 heteroatoms. The first-order chi connectivity index (χ1) is 8.24. The molecule has 1 fully saturated rings. The highest BCUT2D eigenvalue weighted by atomic mass is 16.5. The number of benzene rings is 1. The quantitative estimate of drug-likeness (QED) is 0.794.